The summed E-state index contributed by atoms with van der Waals surface area (Å²) in [6.07, 6.45) is 1.95. The van der Waals surface area contributed by atoms with Crippen molar-refractivity contribution in [2.45, 2.75) is 18.9 Å². The Hall–Kier alpha value is -2.28. The van der Waals surface area contributed by atoms with Crippen molar-refractivity contribution in [3.63, 3.8) is 0 Å². The molecule has 0 aliphatic carbocycles. The van der Waals surface area contributed by atoms with Gasteiger partial charge in [0.05, 0.1) is 19.8 Å². The van der Waals surface area contributed by atoms with E-state index in [-0.39, 0.29) is 6.04 Å². The van der Waals surface area contributed by atoms with Crippen LogP contribution in [0.3, 0.4) is 0 Å². The third-order valence-electron chi connectivity index (χ3n) is 5.49. The molecule has 2 aromatic rings. The van der Waals surface area contributed by atoms with E-state index in [0.717, 1.165) is 49.7 Å². The number of hydrogen-bond acceptors (Lipinski definition) is 6. The van der Waals surface area contributed by atoms with Crippen LogP contribution in [0.25, 0.3) is 0 Å². The van der Waals surface area contributed by atoms with Gasteiger partial charge in [0.2, 0.25) is 0 Å². The van der Waals surface area contributed by atoms with E-state index < -0.39 is 0 Å². The number of nitrogens with one attached hydrogen (secondary N) is 1. The summed E-state index contributed by atoms with van der Waals surface area (Å²) < 4.78 is 17.7. The minimum absolute atomic E-state index is 0.108. The lowest BCUT2D eigenvalue weighted by molar-refractivity contribution is 0.261. The summed E-state index contributed by atoms with van der Waals surface area (Å²) in [5, 5.41) is 3.67. The number of fused-ring (bicyclic) bond motifs is 1. The van der Waals surface area contributed by atoms with E-state index in [9.17, 15) is 0 Å². The molecule has 3 rings (SSSR count). The monoisotopic (exact) mass is 427 g/mol. The second kappa shape index (κ2) is 11.4. The molecule has 0 bridgehead atoms. The summed E-state index contributed by atoms with van der Waals surface area (Å²) in [7, 11) is 9.97. The Balaban J connectivity index is 1.80. The van der Waals surface area contributed by atoms with Gasteiger partial charge in [-0.25, -0.2) is 0 Å². The van der Waals surface area contributed by atoms with Crippen molar-refractivity contribution in [2.75, 3.05) is 68.1 Å². The van der Waals surface area contributed by atoms with Gasteiger partial charge in [0.25, 0.3) is 0 Å². The number of benzene rings is 2. The van der Waals surface area contributed by atoms with Crippen molar-refractivity contribution in [1.82, 2.24) is 15.1 Å². The SMILES string of the molecule is COc1cc2c(cc1OCCCN(C)C)C(c1cccc(OCCN(C)C)c1)NCC2. The Morgan fingerprint density at radius 1 is 0.935 bits per heavy atom. The van der Waals surface area contributed by atoms with E-state index in [1.807, 2.05) is 6.07 Å². The molecule has 0 saturated carbocycles. The Labute approximate surface area is 187 Å². The van der Waals surface area contributed by atoms with Crippen LogP contribution in [-0.4, -0.2) is 77.9 Å². The average molecular weight is 428 g/mol. The summed E-state index contributed by atoms with van der Waals surface area (Å²) in [6, 6.07) is 12.8. The van der Waals surface area contributed by atoms with Crippen LogP contribution < -0.4 is 19.5 Å². The van der Waals surface area contributed by atoms with Crippen LogP contribution in [0.1, 0.15) is 29.2 Å². The lowest BCUT2D eigenvalue weighted by Gasteiger charge is -2.29. The van der Waals surface area contributed by atoms with Gasteiger partial charge in [-0.2, -0.15) is 0 Å². The summed E-state index contributed by atoms with van der Waals surface area (Å²) >= 11 is 0. The highest BCUT2D eigenvalue weighted by Crippen LogP contribution is 2.38. The molecule has 0 spiro atoms. The highest BCUT2D eigenvalue weighted by molar-refractivity contribution is 5.52. The van der Waals surface area contributed by atoms with Crippen LogP contribution in [-0.2, 0) is 6.42 Å². The molecule has 1 N–H and O–H groups in total. The number of hydrogen-bond donors (Lipinski definition) is 1. The molecule has 0 radical (unpaired) electrons. The fourth-order valence-corrected chi connectivity index (χ4v) is 3.83. The molecule has 0 aromatic heterocycles. The molecule has 1 atom stereocenters. The van der Waals surface area contributed by atoms with Crippen LogP contribution >= 0.6 is 0 Å². The maximum absolute atomic E-state index is 6.12. The summed E-state index contributed by atoms with van der Waals surface area (Å²) in [6.45, 7) is 4.16. The van der Waals surface area contributed by atoms with Crippen molar-refractivity contribution in [2.24, 2.45) is 0 Å². The maximum atomic E-state index is 6.12. The molecule has 1 aliphatic heterocycles. The predicted octanol–water partition coefficient (Wildman–Crippen LogP) is 3.20. The van der Waals surface area contributed by atoms with Crippen LogP contribution in [0.15, 0.2) is 36.4 Å². The highest BCUT2D eigenvalue weighted by Gasteiger charge is 2.24. The van der Waals surface area contributed by atoms with Crippen molar-refractivity contribution in [3.05, 3.63) is 53.1 Å². The van der Waals surface area contributed by atoms with Crippen LogP contribution in [0.2, 0.25) is 0 Å². The standard InChI is InChI=1S/C25H37N3O3/c1-27(2)12-7-14-31-24-18-22-19(17-23(24)29-5)10-11-26-25(22)20-8-6-9-21(16-20)30-15-13-28(3)4/h6,8-9,16-18,25-26H,7,10-15H2,1-5H3. The molecule has 1 unspecified atom stereocenters. The van der Waals surface area contributed by atoms with Gasteiger partial charge in [-0.05, 0) is 82.0 Å². The van der Waals surface area contributed by atoms with Gasteiger partial charge in [0, 0.05) is 19.6 Å². The number of likely N-dealkylation sites (N-methyl/N-ethyl adjacent to an activating group) is 1. The normalized spacial score (nSPS) is 15.8. The van der Waals surface area contributed by atoms with Crippen LogP contribution in [0.4, 0.5) is 0 Å². The van der Waals surface area contributed by atoms with Crippen molar-refractivity contribution >= 4 is 0 Å². The lowest BCUT2D eigenvalue weighted by atomic mass is 9.89. The Morgan fingerprint density at radius 2 is 1.74 bits per heavy atom. The molecule has 6 nitrogen and oxygen atoms in total. The van der Waals surface area contributed by atoms with Crippen molar-refractivity contribution < 1.29 is 14.2 Å². The van der Waals surface area contributed by atoms with Gasteiger partial charge in [0.1, 0.15) is 12.4 Å². The molecule has 1 heterocycles. The fourth-order valence-electron chi connectivity index (χ4n) is 3.83. The molecule has 0 saturated heterocycles. The zero-order valence-corrected chi connectivity index (χ0v) is 19.6. The summed E-state index contributed by atoms with van der Waals surface area (Å²) in [5.74, 6) is 2.53. The second-order valence-electron chi connectivity index (χ2n) is 8.57. The zero-order chi connectivity index (χ0) is 22.2. The van der Waals surface area contributed by atoms with Crippen molar-refractivity contribution in [1.29, 1.82) is 0 Å². The Bertz CT molecular complexity index is 839. The Kier molecular flexibility index (Phi) is 8.58. The van der Waals surface area contributed by atoms with Crippen molar-refractivity contribution in [3.8, 4) is 17.2 Å². The maximum Gasteiger partial charge on any atom is 0.161 e. The summed E-state index contributed by atoms with van der Waals surface area (Å²) in [5.41, 5.74) is 3.76. The Morgan fingerprint density at radius 3 is 2.48 bits per heavy atom. The molecule has 31 heavy (non-hydrogen) atoms. The molecule has 2 aromatic carbocycles. The van der Waals surface area contributed by atoms with E-state index >= 15 is 0 Å². The molecule has 0 amide bonds. The second-order valence-corrected chi connectivity index (χ2v) is 8.57. The molecule has 170 valence electrons. The van der Waals surface area contributed by atoms with E-state index in [4.69, 9.17) is 14.2 Å². The first-order chi connectivity index (χ1) is 15.0. The lowest BCUT2D eigenvalue weighted by Crippen LogP contribution is -2.30. The van der Waals surface area contributed by atoms with Gasteiger partial charge < -0.3 is 29.3 Å². The van der Waals surface area contributed by atoms with E-state index in [1.54, 1.807) is 7.11 Å². The minimum Gasteiger partial charge on any atom is -0.493 e. The topological polar surface area (TPSA) is 46.2 Å². The highest BCUT2D eigenvalue weighted by atomic mass is 16.5. The quantitative estimate of drug-likeness (QED) is 0.556. The number of ether oxygens (including phenoxy) is 3. The van der Waals surface area contributed by atoms with Gasteiger partial charge >= 0.3 is 0 Å². The largest absolute Gasteiger partial charge is 0.493 e. The first-order valence-corrected chi connectivity index (χ1v) is 11.1. The molecule has 1 aliphatic rings. The van der Waals surface area contributed by atoms with E-state index in [2.05, 4.69) is 73.6 Å². The van der Waals surface area contributed by atoms with Gasteiger partial charge in [-0.3, -0.25) is 0 Å². The molecular formula is C25H37N3O3. The number of nitrogens with zero attached hydrogens (tertiary/aromatic N) is 2. The first kappa shape index (κ1) is 23.4. The van der Waals surface area contributed by atoms with E-state index in [1.165, 1.54) is 16.7 Å². The summed E-state index contributed by atoms with van der Waals surface area (Å²) in [4.78, 5) is 4.29. The number of methoxy groups -OCH3 is 1. The molecule has 6 heteroatoms. The third-order valence-corrected chi connectivity index (χ3v) is 5.49. The van der Waals surface area contributed by atoms with Gasteiger partial charge in [-0.1, -0.05) is 12.1 Å². The van der Waals surface area contributed by atoms with Crippen LogP contribution in [0, 0.1) is 0 Å². The van der Waals surface area contributed by atoms with Gasteiger partial charge in [0.15, 0.2) is 11.5 Å². The zero-order valence-electron chi connectivity index (χ0n) is 19.6. The molecular weight excluding hydrogens is 390 g/mol. The number of rotatable bonds is 11. The fraction of sp³-hybridized carbons (Fsp3) is 0.520. The van der Waals surface area contributed by atoms with Crippen LogP contribution in [0.5, 0.6) is 17.2 Å². The third kappa shape index (κ3) is 6.60. The smallest absolute Gasteiger partial charge is 0.161 e. The average Bonchev–Trinajstić information content (AvgIpc) is 2.75. The first-order valence-electron chi connectivity index (χ1n) is 11.1. The van der Waals surface area contributed by atoms with E-state index in [0.29, 0.717) is 13.2 Å². The van der Waals surface area contributed by atoms with Gasteiger partial charge in [-0.15, -0.1) is 0 Å². The minimum atomic E-state index is 0.108. The predicted molar refractivity (Wildman–Crippen MR) is 126 cm³/mol. The molecule has 0 fully saturated rings.